The number of benzene rings is 2. The van der Waals surface area contributed by atoms with Gasteiger partial charge in [-0.3, -0.25) is 9.59 Å². The molecule has 3 N–H and O–H groups in total. The number of methoxy groups -OCH3 is 1. The summed E-state index contributed by atoms with van der Waals surface area (Å²) >= 11 is 15.5. The van der Waals surface area contributed by atoms with Gasteiger partial charge in [0, 0.05) is 4.47 Å². The zero-order valence-corrected chi connectivity index (χ0v) is 17.5. The van der Waals surface area contributed by atoms with Gasteiger partial charge in [-0.05, 0) is 52.2 Å². The number of carbonyl (C=O) groups is 2. The number of anilines is 1. The maximum absolute atomic E-state index is 12.4. The minimum absolute atomic E-state index is 0. The first-order valence-electron chi connectivity index (χ1n) is 7.20. The van der Waals surface area contributed by atoms with Crippen molar-refractivity contribution in [1.29, 1.82) is 0 Å². The van der Waals surface area contributed by atoms with Gasteiger partial charge in [-0.1, -0.05) is 35.3 Å². The van der Waals surface area contributed by atoms with Crippen molar-refractivity contribution >= 4 is 69.1 Å². The van der Waals surface area contributed by atoms with Gasteiger partial charge in [0.25, 0.3) is 5.91 Å². The lowest BCUT2D eigenvalue weighted by Gasteiger charge is -2.13. The minimum atomic E-state index is -0.751. The van der Waals surface area contributed by atoms with Crippen LogP contribution in [0.15, 0.2) is 40.9 Å². The quantitative estimate of drug-likeness (QED) is 0.616. The lowest BCUT2D eigenvalue weighted by Crippen LogP contribution is -2.33. The standard InChI is InChI=1S/C17H15BrCl2N2O3.ClH/c1-25-17(24)13(21)8-9-5-6-14(10(18)7-9)22-16(23)15-11(19)3-2-4-12(15)20;/h2-7,13H,8,21H2,1H3,(H,22,23);1H/t13-;/m1./s1. The third-order valence-corrected chi connectivity index (χ3v) is 4.72. The van der Waals surface area contributed by atoms with E-state index in [0.29, 0.717) is 16.6 Å². The highest BCUT2D eigenvalue weighted by atomic mass is 79.9. The molecular formula is C17H16BrCl3N2O3. The summed E-state index contributed by atoms with van der Waals surface area (Å²) < 4.78 is 5.24. The Kier molecular flexibility index (Phi) is 8.86. The predicted molar refractivity (Wildman–Crippen MR) is 110 cm³/mol. The van der Waals surface area contributed by atoms with Crippen molar-refractivity contribution in [3.63, 3.8) is 0 Å². The zero-order chi connectivity index (χ0) is 18.6. The van der Waals surface area contributed by atoms with Crippen LogP contribution in [0.4, 0.5) is 5.69 Å². The molecule has 0 radical (unpaired) electrons. The van der Waals surface area contributed by atoms with E-state index in [1.165, 1.54) is 7.11 Å². The molecule has 0 aliphatic heterocycles. The number of amides is 1. The molecule has 26 heavy (non-hydrogen) atoms. The monoisotopic (exact) mass is 480 g/mol. The Labute approximate surface area is 175 Å². The second kappa shape index (κ2) is 10.1. The van der Waals surface area contributed by atoms with E-state index in [1.807, 2.05) is 0 Å². The van der Waals surface area contributed by atoms with Crippen molar-refractivity contribution in [2.45, 2.75) is 12.5 Å². The normalized spacial score (nSPS) is 11.3. The molecule has 0 saturated carbocycles. The van der Waals surface area contributed by atoms with Gasteiger partial charge in [0.1, 0.15) is 6.04 Å². The summed E-state index contributed by atoms with van der Waals surface area (Å²) in [5.41, 5.74) is 7.31. The Bertz CT molecular complexity index is 798. The summed E-state index contributed by atoms with van der Waals surface area (Å²) in [6, 6.07) is 9.33. The van der Waals surface area contributed by atoms with Gasteiger partial charge in [-0.15, -0.1) is 12.4 Å². The Morgan fingerprint density at radius 3 is 2.38 bits per heavy atom. The Balaban J connectivity index is 0.00000338. The molecule has 0 aliphatic carbocycles. The molecule has 0 saturated heterocycles. The number of rotatable bonds is 5. The second-order valence-electron chi connectivity index (χ2n) is 5.20. The molecular weight excluding hydrogens is 466 g/mol. The fourth-order valence-electron chi connectivity index (χ4n) is 2.18. The number of nitrogens with one attached hydrogen (secondary N) is 1. The Hall–Kier alpha value is -1.31. The van der Waals surface area contributed by atoms with Crippen LogP contribution >= 0.6 is 51.5 Å². The van der Waals surface area contributed by atoms with Crippen LogP contribution < -0.4 is 11.1 Å². The summed E-state index contributed by atoms with van der Waals surface area (Å²) in [6.45, 7) is 0. The van der Waals surface area contributed by atoms with Crippen molar-refractivity contribution in [3.05, 3.63) is 62.0 Å². The zero-order valence-electron chi connectivity index (χ0n) is 13.6. The highest BCUT2D eigenvalue weighted by Crippen LogP contribution is 2.28. The molecule has 2 rings (SSSR count). The molecule has 5 nitrogen and oxygen atoms in total. The average molecular weight is 483 g/mol. The summed E-state index contributed by atoms with van der Waals surface area (Å²) in [7, 11) is 1.29. The maximum Gasteiger partial charge on any atom is 0.322 e. The number of nitrogens with two attached hydrogens (primary N) is 1. The Morgan fingerprint density at radius 2 is 1.85 bits per heavy atom. The van der Waals surface area contributed by atoms with Crippen molar-refractivity contribution in [2.24, 2.45) is 5.73 Å². The van der Waals surface area contributed by atoms with Crippen molar-refractivity contribution in [1.82, 2.24) is 0 Å². The molecule has 0 unspecified atom stereocenters. The van der Waals surface area contributed by atoms with Crippen molar-refractivity contribution in [3.8, 4) is 0 Å². The summed E-state index contributed by atoms with van der Waals surface area (Å²) in [5, 5.41) is 3.28. The third-order valence-electron chi connectivity index (χ3n) is 3.43. The van der Waals surface area contributed by atoms with Crippen LogP contribution in [0, 0.1) is 0 Å². The fraction of sp³-hybridized carbons (Fsp3) is 0.176. The molecule has 0 aliphatic rings. The lowest BCUT2D eigenvalue weighted by molar-refractivity contribution is -0.142. The molecule has 0 fully saturated rings. The maximum atomic E-state index is 12.4. The van der Waals surface area contributed by atoms with Crippen LogP contribution in [0.3, 0.4) is 0 Å². The largest absolute Gasteiger partial charge is 0.468 e. The molecule has 2 aromatic carbocycles. The molecule has 1 amide bonds. The summed E-state index contributed by atoms with van der Waals surface area (Å²) in [4.78, 5) is 23.8. The van der Waals surface area contributed by atoms with Crippen LogP contribution in [0.1, 0.15) is 15.9 Å². The van der Waals surface area contributed by atoms with Gasteiger partial charge in [-0.25, -0.2) is 0 Å². The van der Waals surface area contributed by atoms with Gasteiger partial charge < -0.3 is 15.8 Å². The van der Waals surface area contributed by atoms with E-state index in [-0.39, 0.29) is 28.0 Å². The molecule has 1 atom stereocenters. The SMILES string of the molecule is COC(=O)[C@H](N)Cc1ccc(NC(=O)c2c(Cl)cccc2Cl)c(Br)c1.Cl. The molecule has 0 aromatic heterocycles. The number of halogens is 4. The van der Waals surface area contributed by atoms with Gasteiger partial charge in [-0.2, -0.15) is 0 Å². The lowest BCUT2D eigenvalue weighted by atomic mass is 10.1. The smallest absolute Gasteiger partial charge is 0.322 e. The second-order valence-corrected chi connectivity index (χ2v) is 6.87. The first-order valence-corrected chi connectivity index (χ1v) is 8.75. The van der Waals surface area contributed by atoms with E-state index in [0.717, 1.165) is 5.56 Å². The van der Waals surface area contributed by atoms with Gasteiger partial charge in [0.05, 0.1) is 28.4 Å². The van der Waals surface area contributed by atoms with Crippen LogP contribution in [0.25, 0.3) is 0 Å². The van der Waals surface area contributed by atoms with E-state index >= 15 is 0 Å². The predicted octanol–water partition coefficient (Wildman–Crippen LogP) is 4.47. The first kappa shape index (κ1) is 22.7. The molecule has 2 aromatic rings. The van der Waals surface area contributed by atoms with Gasteiger partial charge in [0.15, 0.2) is 0 Å². The molecule has 0 heterocycles. The van der Waals surface area contributed by atoms with E-state index in [9.17, 15) is 9.59 Å². The summed E-state index contributed by atoms with van der Waals surface area (Å²) in [5.74, 6) is -0.905. The van der Waals surface area contributed by atoms with E-state index in [4.69, 9.17) is 28.9 Å². The molecule has 0 bridgehead atoms. The number of hydrogen-bond donors (Lipinski definition) is 2. The highest BCUT2D eigenvalue weighted by molar-refractivity contribution is 9.10. The van der Waals surface area contributed by atoms with Crippen LogP contribution in [0.5, 0.6) is 0 Å². The topological polar surface area (TPSA) is 81.4 Å². The highest BCUT2D eigenvalue weighted by Gasteiger charge is 2.17. The fourth-order valence-corrected chi connectivity index (χ4v) is 3.27. The summed E-state index contributed by atoms with van der Waals surface area (Å²) in [6.07, 6.45) is 0.315. The number of esters is 1. The van der Waals surface area contributed by atoms with E-state index in [2.05, 4.69) is 26.0 Å². The van der Waals surface area contributed by atoms with Crippen LogP contribution in [-0.2, 0) is 16.0 Å². The van der Waals surface area contributed by atoms with Crippen LogP contribution in [-0.4, -0.2) is 25.0 Å². The molecule has 9 heteroatoms. The molecule has 0 spiro atoms. The van der Waals surface area contributed by atoms with Crippen molar-refractivity contribution < 1.29 is 14.3 Å². The number of ether oxygens (including phenoxy) is 1. The minimum Gasteiger partial charge on any atom is -0.468 e. The first-order chi connectivity index (χ1) is 11.8. The van der Waals surface area contributed by atoms with Gasteiger partial charge in [0.2, 0.25) is 0 Å². The van der Waals surface area contributed by atoms with Gasteiger partial charge >= 0.3 is 5.97 Å². The number of hydrogen-bond acceptors (Lipinski definition) is 4. The van der Waals surface area contributed by atoms with Crippen molar-refractivity contribution in [2.75, 3.05) is 12.4 Å². The van der Waals surface area contributed by atoms with E-state index in [1.54, 1.807) is 36.4 Å². The van der Waals surface area contributed by atoms with Crippen LogP contribution in [0.2, 0.25) is 10.0 Å². The van der Waals surface area contributed by atoms with E-state index < -0.39 is 17.9 Å². The average Bonchev–Trinajstić information content (AvgIpc) is 2.56. The molecule has 140 valence electrons. The third kappa shape index (κ3) is 5.59. The number of carbonyl (C=O) groups excluding carboxylic acids is 2. The Morgan fingerprint density at radius 1 is 1.23 bits per heavy atom.